The van der Waals surface area contributed by atoms with Gasteiger partial charge in [0.2, 0.25) is 0 Å². The summed E-state index contributed by atoms with van der Waals surface area (Å²) in [6, 6.07) is 0. The van der Waals surface area contributed by atoms with Crippen LogP contribution in [0, 0.1) is 46.3 Å². The van der Waals surface area contributed by atoms with Gasteiger partial charge in [-0.2, -0.15) is 0 Å². The smallest absolute Gasteiger partial charge is 0.0591 e. The summed E-state index contributed by atoms with van der Waals surface area (Å²) >= 11 is 0. The number of fused-ring (bicyclic) bond motifs is 5. The van der Waals surface area contributed by atoms with Crippen LogP contribution in [-0.2, 0) is 0 Å². The zero-order chi connectivity index (χ0) is 21.0. The highest BCUT2D eigenvalue weighted by Gasteiger charge is 2.62. The standard InChI is InChI=1S/C27H48O2/c1-18(9-8-14-25(2,3)29)24-23(28)17-22-20-12-11-19-10-6-7-15-26(19,4)21(20)13-16-27(22,24)5/h18-24,28-29H,6-17H2,1-5H3/t18-,19?,20-,21+,22+,23?,24+,26+,27+/m1/s1. The van der Waals surface area contributed by atoms with Crippen molar-refractivity contribution >= 4 is 0 Å². The van der Waals surface area contributed by atoms with E-state index < -0.39 is 5.60 Å². The molecule has 0 aromatic rings. The molecule has 2 heteroatoms. The van der Waals surface area contributed by atoms with Gasteiger partial charge in [-0.3, -0.25) is 0 Å². The maximum absolute atomic E-state index is 11.3. The van der Waals surface area contributed by atoms with Crippen molar-refractivity contribution < 1.29 is 10.2 Å². The lowest BCUT2D eigenvalue weighted by Gasteiger charge is -2.60. The second-order valence-corrected chi connectivity index (χ2v) is 13.0. The molecule has 4 saturated carbocycles. The van der Waals surface area contributed by atoms with Gasteiger partial charge in [0.05, 0.1) is 11.7 Å². The van der Waals surface area contributed by atoms with Crippen LogP contribution in [0.3, 0.4) is 0 Å². The monoisotopic (exact) mass is 404 g/mol. The van der Waals surface area contributed by atoms with E-state index in [2.05, 4.69) is 20.8 Å². The fraction of sp³-hybridized carbons (Fsp3) is 1.00. The first-order valence-electron chi connectivity index (χ1n) is 13.0. The van der Waals surface area contributed by atoms with Crippen LogP contribution in [0.4, 0.5) is 0 Å². The number of rotatable bonds is 5. The van der Waals surface area contributed by atoms with E-state index in [0.29, 0.717) is 22.7 Å². The maximum atomic E-state index is 11.3. The molecule has 0 aromatic heterocycles. The molecular weight excluding hydrogens is 356 g/mol. The van der Waals surface area contributed by atoms with Crippen LogP contribution in [0.15, 0.2) is 0 Å². The number of aliphatic hydroxyl groups is 2. The van der Waals surface area contributed by atoms with Gasteiger partial charge in [-0.25, -0.2) is 0 Å². The molecule has 29 heavy (non-hydrogen) atoms. The summed E-state index contributed by atoms with van der Waals surface area (Å²) in [7, 11) is 0. The van der Waals surface area contributed by atoms with Gasteiger partial charge in [-0.05, 0) is 112 Å². The lowest BCUT2D eigenvalue weighted by atomic mass is 9.44. The molecule has 9 atom stereocenters. The topological polar surface area (TPSA) is 40.5 Å². The van der Waals surface area contributed by atoms with Crippen molar-refractivity contribution in [2.24, 2.45) is 46.3 Å². The fourth-order valence-corrected chi connectivity index (χ4v) is 9.41. The van der Waals surface area contributed by atoms with E-state index in [1.807, 2.05) is 13.8 Å². The third kappa shape index (κ3) is 3.84. The summed E-state index contributed by atoms with van der Waals surface area (Å²) in [5.74, 6) is 4.49. The second-order valence-electron chi connectivity index (χ2n) is 13.0. The summed E-state index contributed by atoms with van der Waals surface area (Å²) in [6.45, 7) is 11.4. The second kappa shape index (κ2) is 7.80. The van der Waals surface area contributed by atoms with E-state index in [4.69, 9.17) is 0 Å². The van der Waals surface area contributed by atoms with Crippen molar-refractivity contribution in [2.45, 2.75) is 123 Å². The molecule has 0 radical (unpaired) electrons. The van der Waals surface area contributed by atoms with Gasteiger partial charge in [0.1, 0.15) is 0 Å². The Bertz CT molecular complexity index is 580. The molecule has 2 unspecified atom stereocenters. The van der Waals surface area contributed by atoms with Gasteiger partial charge >= 0.3 is 0 Å². The van der Waals surface area contributed by atoms with Crippen LogP contribution in [0.5, 0.6) is 0 Å². The third-order valence-corrected chi connectivity index (χ3v) is 10.8. The zero-order valence-electron chi connectivity index (χ0n) is 19.9. The summed E-state index contributed by atoms with van der Waals surface area (Å²) in [4.78, 5) is 0. The highest BCUT2D eigenvalue weighted by Crippen LogP contribution is 2.68. The average molecular weight is 405 g/mol. The van der Waals surface area contributed by atoms with Crippen LogP contribution < -0.4 is 0 Å². The van der Waals surface area contributed by atoms with Crippen LogP contribution in [0.2, 0.25) is 0 Å². The van der Waals surface area contributed by atoms with E-state index in [0.717, 1.165) is 49.4 Å². The largest absolute Gasteiger partial charge is 0.393 e. The van der Waals surface area contributed by atoms with Crippen molar-refractivity contribution in [3.8, 4) is 0 Å². The highest BCUT2D eigenvalue weighted by atomic mass is 16.3. The van der Waals surface area contributed by atoms with Crippen LogP contribution >= 0.6 is 0 Å². The Balaban J connectivity index is 1.49. The maximum Gasteiger partial charge on any atom is 0.0591 e. The molecule has 0 aliphatic heterocycles. The zero-order valence-corrected chi connectivity index (χ0v) is 19.9. The molecular formula is C27H48O2. The normalized spacial score (nSPS) is 48.5. The summed E-state index contributed by atoms with van der Waals surface area (Å²) in [6.07, 6.45) is 15.5. The quantitative estimate of drug-likeness (QED) is 0.543. The SMILES string of the molecule is C[C@H](CCCC(C)(C)O)[C@H]1C(O)C[C@H]2[C@@H]3CCC4CCCC[C@]4(C)[C@H]3CC[C@]12C. The Morgan fingerprint density at radius 3 is 2.45 bits per heavy atom. The molecule has 4 rings (SSSR count). The molecule has 0 aromatic carbocycles. The van der Waals surface area contributed by atoms with E-state index >= 15 is 0 Å². The summed E-state index contributed by atoms with van der Waals surface area (Å²) in [5.41, 5.74) is 0.350. The van der Waals surface area contributed by atoms with Crippen molar-refractivity contribution in [1.82, 2.24) is 0 Å². The van der Waals surface area contributed by atoms with Crippen molar-refractivity contribution in [2.75, 3.05) is 0 Å². The number of aliphatic hydroxyl groups excluding tert-OH is 1. The van der Waals surface area contributed by atoms with E-state index in [-0.39, 0.29) is 6.10 Å². The first kappa shape index (κ1) is 22.1. The molecule has 0 saturated heterocycles. The Hall–Kier alpha value is -0.0800. The molecule has 0 bridgehead atoms. The Morgan fingerprint density at radius 2 is 1.72 bits per heavy atom. The van der Waals surface area contributed by atoms with Gasteiger partial charge in [-0.15, -0.1) is 0 Å². The minimum atomic E-state index is -0.563. The van der Waals surface area contributed by atoms with Gasteiger partial charge in [-0.1, -0.05) is 46.5 Å². The molecule has 2 nitrogen and oxygen atoms in total. The number of hydrogen-bond acceptors (Lipinski definition) is 2. The van der Waals surface area contributed by atoms with E-state index in [9.17, 15) is 10.2 Å². The first-order chi connectivity index (χ1) is 13.6. The predicted octanol–water partition coefficient (Wildman–Crippen LogP) is 6.58. The lowest BCUT2D eigenvalue weighted by Crippen LogP contribution is -2.53. The van der Waals surface area contributed by atoms with Crippen molar-refractivity contribution in [1.29, 1.82) is 0 Å². The Kier molecular flexibility index (Phi) is 5.95. The molecule has 4 aliphatic rings. The molecule has 2 N–H and O–H groups in total. The predicted molar refractivity (Wildman–Crippen MR) is 121 cm³/mol. The number of hydrogen-bond donors (Lipinski definition) is 2. The molecule has 0 spiro atoms. The van der Waals surface area contributed by atoms with Gasteiger partial charge in [0.25, 0.3) is 0 Å². The van der Waals surface area contributed by atoms with Gasteiger partial charge in [0.15, 0.2) is 0 Å². The Morgan fingerprint density at radius 1 is 0.966 bits per heavy atom. The Labute approximate surface area is 180 Å². The molecule has 168 valence electrons. The molecule has 4 aliphatic carbocycles. The van der Waals surface area contributed by atoms with Crippen LogP contribution in [0.25, 0.3) is 0 Å². The minimum Gasteiger partial charge on any atom is -0.393 e. The molecule has 0 amide bonds. The first-order valence-corrected chi connectivity index (χ1v) is 13.0. The lowest BCUT2D eigenvalue weighted by molar-refractivity contribution is -0.115. The van der Waals surface area contributed by atoms with E-state index in [1.165, 1.54) is 51.4 Å². The van der Waals surface area contributed by atoms with Crippen LogP contribution in [0.1, 0.15) is 112 Å². The van der Waals surface area contributed by atoms with Gasteiger partial charge in [0, 0.05) is 0 Å². The van der Waals surface area contributed by atoms with Crippen molar-refractivity contribution in [3.63, 3.8) is 0 Å². The van der Waals surface area contributed by atoms with Crippen LogP contribution in [-0.4, -0.2) is 21.9 Å². The molecule has 0 heterocycles. The molecule has 4 fully saturated rings. The summed E-state index contributed by atoms with van der Waals surface area (Å²) < 4.78 is 0. The fourth-order valence-electron chi connectivity index (χ4n) is 9.41. The van der Waals surface area contributed by atoms with Gasteiger partial charge < -0.3 is 10.2 Å². The van der Waals surface area contributed by atoms with Crippen molar-refractivity contribution in [3.05, 3.63) is 0 Å². The highest BCUT2D eigenvalue weighted by molar-refractivity contribution is 5.11. The average Bonchev–Trinajstić information content (AvgIpc) is 2.90. The third-order valence-electron chi connectivity index (χ3n) is 10.8. The summed E-state index contributed by atoms with van der Waals surface area (Å²) in [5, 5.41) is 21.3. The minimum absolute atomic E-state index is 0.113. The van der Waals surface area contributed by atoms with E-state index in [1.54, 1.807) is 0 Å².